The lowest BCUT2D eigenvalue weighted by Crippen LogP contribution is -2.60. The Morgan fingerprint density at radius 3 is 2.30 bits per heavy atom. The summed E-state index contributed by atoms with van der Waals surface area (Å²) in [6.45, 7) is 2.80. The zero-order valence-corrected chi connectivity index (χ0v) is 12.6. The molecule has 0 spiro atoms. The molecule has 1 aliphatic heterocycles. The first-order valence-electron chi connectivity index (χ1n) is 7.65. The number of amides is 1. The number of rotatable bonds is 4. The van der Waals surface area contributed by atoms with Crippen LogP contribution in [0.2, 0.25) is 0 Å². The minimum atomic E-state index is -0.809. The van der Waals surface area contributed by atoms with Crippen LogP contribution in [-0.2, 0) is 9.59 Å². The van der Waals surface area contributed by atoms with Crippen LogP contribution in [0.3, 0.4) is 0 Å². The van der Waals surface area contributed by atoms with Gasteiger partial charge in [-0.15, -0.1) is 0 Å². The van der Waals surface area contributed by atoms with Gasteiger partial charge in [0.1, 0.15) is 0 Å². The molecular formula is C15H26N2O3. The number of carbonyl (C=O) groups is 2. The molecule has 0 radical (unpaired) electrons. The predicted molar refractivity (Wildman–Crippen MR) is 76.5 cm³/mol. The molecule has 1 heterocycles. The third-order valence-corrected chi connectivity index (χ3v) is 5.12. The molecule has 2 aliphatic rings. The van der Waals surface area contributed by atoms with Crippen LogP contribution in [-0.4, -0.2) is 46.6 Å². The molecule has 2 N–H and O–H groups in total. The lowest BCUT2D eigenvalue weighted by molar-refractivity contribution is -0.149. The number of hydrogen-bond acceptors (Lipinski definition) is 3. The number of likely N-dealkylation sites (N-methyl/N-ethyl adjacent to an activating group) is 1. The van der Waals surface area contributed by atoms with Crippen molar-refractivity contribution in [3.8, 4) is 0 Å². The van der Waals surface area contributed by atoms with E-state index >= 15 is 0 Å². The fourth-order valence-electron chi connectivity index (χ4n) is 3.78. The second-order valence-corrected chi connectivity index (χ2v) is 6.58. The summed E-state index contributed by atoms with van der Waals surface area (Å²) in [6.07, 6.45) is 6.66. The van der Waals surface area contributed by atoms with Crippen LogP contribution < -0.4 is 5.32 Å². The highest BCUT2D eigenvalue weighted by Crippen LogP contribution is 2.37. The van der Waals surface area contributed by atoms with E-state index in [1.807, 2.05) is 6.92 Å². The number of carboxylic acids is 1. The van der Waals surface area contributed by atoms with Gasteiger partial charge in [-0.1, -0.05) is 19.3 Å². The molecule has 20 heavy (non-hydrogen) atoms. The Kier molecular flexibility index (Phi) is 4.37. The van der Waals surface area contributed by atoms with Crippen molar-refractivity contribution in [2.45, 2.75) is 69.4 Å². The SMILES string of the molecule is CN(C(=O)C1(C)CCCN1)C1(CC(=O)O)CCCCC1. The van der Waals surface area contributed by atoms with Gasteiger partial charge < -0.3 is 15.3 Å². The van der Waals surface area contributed by atoms with Crippen LogP contribution in [0, 0.1) is 0 Å². The number of hydrogen-bond donors (Lipinski definition) is 2. The molecule has 1 atom stereocenters. The fraction of sp³-hybridized carbons (Fsp3) is 0.867. The molecule has 1 aliphatic carbocycles. The second kappa shape index (κ2) is 5.72. The van der Waals surface area contributed by atoms with E-state index in [0.717, 1.165) is 51.5 Å². The Morgan fingerprint density at radius 2 is 1.80 bits per heavy atom. The Morgan fingerprint density at radius 1 is 1.15 bits per heavy atom. The topological polar surface area (TPSA) is 69.6 Å². The van der Waals surface area contributed by atoms with E-state index in [-0.39, 0.29) is 12.3 Å². The van der Waals surface area contributed by atoms with Gasteiger partial charge in [-0.2, -0.15) is 0 Å². The van der Waals surface area contributed by atoms with E-state index in [4.69, 9.17) is 0 Å². The number of nitrogens with zero attached hydrogens (tertiary/aromatic N) is 1. The zero-order valence-electron chi connectivity index (χ0n) is 12.6. The maximum absolute atomic E-state index is 12.8. The maximum atomic E-state index is 12.8. The van der Waals surface area contributed by atoms with Gasteiger partial charge in [0.15, 0.2) is 0 Å². The highest BCUT2D eigenvalue weighted by Gasteiger charge is 2.46. The first kappa shape index (κ1) is 15.3. The molecule has 0 aromatic rings. The molecule has 1 saturated heterocycles. The summed E-state index contributed by atoms with van der Waals surface area (Å²) in [6, 6.07) is 0. The summed E-state index contributed by atoms with van der Waals surface area (Å²) in [5.74, 6) is -0.755. The van der Waals surface area contributed by atoms with E-state index < -0.39 is 17.0 Å². The van der Waals surface area contributed by atoms with Gasteiger partial charge in [0.25, 0.3) is 0 Å². The summed E-state index contributed by atoms with van der Waals surface area (Å²) in [7, 11) is 1.79. The van der Waals surface area contributed by atoms with Crippen molar-refractivity contribution in [1.29, 1.82) is 0 Å². The molecule has 5 nitrogen and oxygen atoms in total. The minimum Gasteiger partial charge on any atom is -0.481 e. The van der Waals surface area contributed by atoms with Gasteiger partial charge >= 0.3 is 5.97 Å². The van der Waals surface area contributed by atoms with Gasteiger partial charge in [-0.3, -0.25) is 9.59 Å². The van der Waals surface area contributed by atoms with Crippen molar-refractivity contribution in [3.63, 3.8) is 0 Å². The van der Waals surface area contributed by atoms with Crippen molar-refractivity contribution in [3.05, 3.63) is 0 Å². The molecule has 1 amide bonds. The van der Waals surface area contributed by atoms with Crippen LogP contribution in [0.15, 0.2) is 0 Å². The number of aliphatic carboxylic acids is 1. The van der Waals surface area contributed by atoms with Crippen LogP contribution in [0.25, 0.3) is 0 Å². The van der Waals surface area contributed by atoms with Crippen molar-refractivity contribution >= 4 is 11.9 Å². The van der Waals surface area contributed by atoms with Crippen molar-refractivity contribution < 1.29 is 14.7 Å². The molecule has 1 unspecified atom stereocenters. The summed E-state index contributed by atoms with van der Waals surface area (Å²) in [5, 5.41) is 12.5. The van der Waals surface area contributed by atoms with E-state index in [9.17, 15) is 14.7 Å². The van der Waals surface area contributed by atoms with E-state index in [2.05, 4.69) is 5.32 Å². The van der Waals surface area contributed by atoms with Crippen molar-refractivity contribution in [2.75, 3.05) is 13.6 Å². The van der Waals surface area contributed by atoms with E-state index in [1.165, 1.54) is 0 Å². The standard InChI is InChI=1S/C15H26N2O3/c1-14(7-6-10-16-14)13(20)17(2)15(11-12(18)19)8-4-3-5-9-15/h16H,3-11H2,1-2H3,(H,18,19). The molecular weight excluding hydrogens is 256 g/mol. The first-order valence-corrected chi connectivity index (χ1v) is 7.65. The quantitative estimate of drug-likeness (QED) is 0.824. The van der Waals surface area contributed by atoms with E-state index in [1.54, 1.807) is 11.9 Å². The number of carbonyl (C=O) groups excluding carboxylic acids is 1. The van der Waals surface area contributed by atoms with Crippen LogP contribution in [0.1, 0.15) is 58.3 Å². The molecule has 2 rings (SSSR count). The average Bonchev–Trinajstić information content (AvgIpc) is 2.85. The van der Waals surface area contributed by atoms with Crippen molar-refractivity contribution in [2.24, 2.45) is 0 Å². The largest absolute Gasteiger partial charge is 0.481 e. The third-order valence-electron chi connectivity index (χ3n) is 5.12. The maximum Gasteiger partial charge on any atom is 0.305 e. The average molecular weight is 282 g/mol. The predicted octanol–water partition coefficient (Wildman–Crippen LogP) is 1.76. The van der Waals surface area contributed by atoms with Gasteiger partial charge in [-0.05, 0) is 39.2 Å². The Bertz CT molecular complexity index is 383. The van der Waals surface area contributed by atoms with E-state index in [0.29, 0.717) is 0 Å². The molecule has 2 fully saturated rings. The first-order chi connectivity index (χ1) is 9.40. The van der Waals surface area contributed by atoms with Gasteiger partial charge in [0.05, 0.1) is 17.5 Å². The van der Waals surface area contributed by atoms with Gasteiger partial charge in [0, 0.05) is 7.05 Å². The molecule has 0 aromatic carbocycles. The smallest absolute Gasteiger partial charge is 0.305 e. The number of nitrogens with one attached hydrogen (secondary N) is 1. The highest BCUT2D eigenvalue weighted by atomic mass is 16.4. The van der Waals surface area contributed by atoms with Crippen LogP contribution in [0.5, 0.6) is 0 Å². The molecule has 0 aromatic heterocycles. The highest BCUT2D eigenvalue weighted by molar-refractivity contribution is 5.87. The Hall–Kier alpha value is -1.10. The van der Waals surface area contributed by atoms with Gasteiger partial charge in [-0.25, -0.2) is 0 Å². The normalized spacial score (nSPS) is 29.1. The summed E-state index contributed by atoms with van der Waals surface area (Å²) in [4.78, 5) is 25.8. The van der Waals surface area contributed by atoms with Gasteiger partial charge in [0.2, 0.25) is 5.91 Å². The lowest BCUT2D eigenvalue weighted by Gasteiger charge is -2.46. The fourth-order valence-corrected chi connectivity index (χ4v) is 3.78. The molecule has 0 bridgehead atoms. The molecule has 114 valence electrons. The van der Waals surface area contributed by atoms with Crippen LogP contribution in [0.4, 0.5) is 0 Å². The second-order valence-electron chi connectivity index (χ2n) is 6.58. The lowest BCUT2D eigenvalue weighted by atomic mass is 9.77. The summed E-state index contributed by atoms with van der Waals surface area (Å²) < 4.78 is 0. The summed E-state index contributed by atoms with van der Waals surface area (Å²) in [5.41, 5.74) is -1.01. The number of carboxylic acid groups (broad SMARTS) is 1. The van der Waals surface area contributed by atoms with Crippen molar-refractivity contribution in [1.82, 2.24) is 10.2 Å². The third kappa shape index (κ3) is 2.82. The minimum absolute atomic E-state index is 0.0538. The Labute approximate surface area is 120 Å². The monoisotopic (exact) mass is 282 g/mol. The summed E-state index contributed by atoms with van der Waals surface area (Å²) >= 11 is 0. The molecule has 1 saturated carbocycles. The zero-order chi connectivity index (χ0) is 14.8. The Balaban J connectivity index is 2.19. The van der Waals surface area contributed by atoms with Crippen LogP contribution >= 0.6 is 0 Å². The molecule has 5 heteroatoms.